The Morgan fingerprint density at radius 2 is 1.72 bits per heavy atom. The number of rotatable bonds is 2. The third-order valence-electron chi connectivity index (χ3n) is 4.50. The van der Waals surface area contributed by atoms with Crippen LogP contribution in [0.25, 0.3) is 28.2 Å². The van der Waals surface area contributed by atoms with Crippen LogP contribution in [0.3, 0.4) is 0 Å². The molecular formula is C20H20N4O. The average molecular weight is 332 g/mol. The van der Waals surface area contributed by atoms with E-state index in [2.05, 4.69) is 48.0 Å². The number of pyridine rings is 1. The molecule has 25 heavy (non-hydrogen) atoms. The van der Waals surface area contributed by atoms with Crippen molar-refractivity contribution in [2.45, 2.75) is 34.6 Å². The van der Waals surface area contributed by atoms with Crippen LogP contribution in [0.1, 0.15) is 28.1 Å². The highest BCUT2D eigenvalue weighted by Crippen LogP contribution is 2.36. The zero-order chi connectivity index (χ0) is 17.7. The van der Waals surface area contributed by atoms with Gasteiger partial charge in [-0.2, -0.15) is 5.10 Å². The third kappa shape index (κ3) is 2.43. The highest BCUT2D eigenvalue weighted by Gasteiger charge is 2.21. The SMILES string of the molecule is Cc1cncc(-n2nc(C)nc2-c2oc3c(C)ccc(C)c3c2C)c1. The third-order valence-corrected chi connectivity index (χ3v) is 4.50. The van der Waals surface area contributed by atoms with E-state index in [-0.39, 0.29) is 0 Å². The van der Waals surface area contributed by atoms with E-state index < -0.39 is 0 Å². The summed E-state index contributed by atoms with van der Waals surface area (Å²) >= 11 is 0. The van der Waals surface area contributed by atoms with Gasteiger partial charge < -0.3 is 4.42 Å². The fraction of sp³-hybridized carbons (Fsp3) is 0.250. The molecule has 4 rings (SSSR count). The summed E-state index contributed by atoms with van der Waals surface area (Å²) in [6, 6.07) is 6.26. The summed E-state index contributed by atoms with van der Waals surface area (Å²) in [5.74, 6) is 2.16. The molecule has 0 aliphatic heterocycles. The van der Waals surface area contributed by atoms with Gasteiger partial charge in [-0.1, -0.05) is 12.1 Å². The summed E-state index contributed by atoms with van der Waals surface area (Å²) in [6.45, 7) is 10.1. The largest absolute Gasteiger partial charge is 0.452 e. The summed E-state index contributed by atoms with van der Waals surface area (Å²) in [7, 11) is 0. The molecule has 3 heterocycles. The van der Waals surface area contributed by atoms with Crippen molar-refractivity contribution in [3.05, 3.63) is 58.7 Å². The van der Waals surface area contributed by atoms with E-state index >= 15 is 0 Å². The van der Waals surface area contributed by atoms with Crippen LogP contribution < -0.4 is 0 Å². The van der Waals surface area contributed by atoms with Crippen LogP contribution in [0.2, 0.25) is 0 Å². The van der Waals surface area contributed by atoms with Gasteiger partial charge in [0.05, 0.1) is 11.9 Å². The van der Waals surface area contributed by atoms with Crippen LogP contribution in [-0.2, 0) is 0 Å². The molecule has 1 aromatic carbocycles. The fourth-order valence-corrected chi connectivity index (χ4v) is 3.29. The van der Waals surface area contributed by atoms with Crippen LogP contribution in [0.15, 0.2) is 35.0 Å². The molecule has 0 atom stereocenters. The van der Waals surface area contributed by atoms with Gasteiger partial charge in [-0.15, -0.1) is 0 Å². The van der Waals surface area contributed by atoms with Gasteiger partial charge in [0.2, 0.25) is 0 Å². The Labute approximate surface area is 146 Å². The molecule has 5 nitrogen and oxygen atoms in total. The van der Waals surface area contributed by atoms with E-state index in [0.717, 1.165) is 39.1 Å². The van der Waals surface area contributed by atoms with Gasteiger partial charge in [0.15, 0.2) is 11.6 Å². The lowest BCUT2D eigenvalue weighted by molar-refractivity contribution is 0.616. The summed E-state index contributed by atoms with van der Waals surface area (Å²) < 4.78 is 8.07. The van der Waals surface area contributed by atoms with Crippen molar-refractivity contribution < 1.29 is 4.42 Å². The minimum absolute atomic E-state index is 0.699. The van der Waals surface area contributed by atoms with Crippen LogP contribution in [0, 0.1) is 34.6 Å². The monoisotopic (exact) mass is 332 g/mol. The lowest BCUT2D eigenvalue weighted by Crippen LogP contribution is -2.01. The molecule has 4 aromatic rings. The van der Waals surface area contributed by atoms with Crippen molar-refractivity contribution in [3.63, 3.8) is 0 Å². The van der Waals surface area contributed by atoms with Crippen molar-refractivity contribution in [3.8, 4) is 17.3 Å². The number of fused-ring (bicyclic) bond motifs is 1. The lowest BCUT2D eigenvalue weighted by atomic mass is 10.0. The molecule has 0 unspecified atom stereocenters. The average Bonchev–Trinajstić information content (AvgIpc) is 3.12. The molecule has 0 aliphatic carbocycles. The number of benzene rings is 1. The van der Waals surface area contributed by atoms with Crippen LogP contribution in [-0.4, -0.2) is 19.7 Å². The Kier molecular flexibility index (Phi) is 3.46. The zero-order valence-corrected chi connectivity index (χ0v) is 15.1. The second-order valence-corrected chi connectivity index (χ2v) is 6.57. The first-order chi connectivity index (χ1) is 12.0. The van der Waals surface area contributed by atoms with Crippen LogP contribution in [0.4, 0.5) is 0 Å². The molecule has 0 fully saturated rings. The predicted molar refractivity (Wildman–Crippen MR) is 98.0 cm³/mol. The first-order valence-electron chi connectivity index (χ1n) is 8.31. The molecule has 0 radical (unpaired) electrons. The highest BCUT2D eigenvalue weighted by atomic mass is 16.3. The number of nitrogens with zero attached hydrogens (tertiary/aromatic N) is 4. The van der Waals surface area contributed by atoms with Crippen molar-refractivity contribution in [1.29, 1.82) is 0 Å². The standard InChI is InChI=1S/C20H20N4O/c1-11-8-16(10-21-9-11)24-20(22-15(5)23-24)19-14(4)17-12(2)6-7-13(3)18(17)25-19/h6-10H,1-5H3. The normalized spacial score (nSPS) is 11.4. The maximum Gasteiger partial charge on any atom is 0.199 e. The summed E-state index contributed by atoms with van der Waals surface area (Å²) in [4.78, 5) is 8.91. The second kappa shape index (κ2) is 5.55. The Balaban J connectivity index is 2.01. The molecule has 0 N–H and O–H groups in total. The van der Waals surface area contributed by atoms with Crippen molar-refractivity contribution in [2.75, 3.05) is 0 Å². The van der Waals surface area contributed by atoms with Gasteiger partial charge in [0.25, 0.3) is 0 Å². The maximum absolute atomic E-state index is 6.26. The van der Waals surface area contributed by atoms with Crippen molar-refractivity contribution >= 4 is 11.0 Å². The predicted octanol–water partition coefficient (Wildman–Crippen LogP) is 4.62. The van der Waals surface area contributed by atoms with Crippen molar-refractivity contribution in [1.82, 2.24) is 19.7 Å². The first kappa shape index (κ1) is 15.6. The number of hydrogen-bond acceptors (Lipinski definition) is 4. The molecular weight excluding hydrogens is 312 g/mol. The van der Waals surface area contributed by atoms with Gasteiger partial charge in [-0.05, 0) is 57.4 Å². The molecule has 0 bridgehead atoms. The van der Waals surface area contributed by atoms with Gasteiger partial charge in [0, 0.05) is 17.1 Å². The molecule has 0 spiro atoms. The van der Waals surface area contributed by atoms with E-state index in [4.69, 9.17) is 4.42 Å². The quantitative estimate of drug-likeness (QED) is 0.537. The molecule has 126 valence electrons. The van der Waals surface area contributed by atoms with Gasteiger partial charge in [0.1, 0.15) is 11.4 Å². The summed E-state index contributed by atoms with van der Waals surface area (Å²) in [5, 5.41) is 5.72. The van der Waals surface area contributed by atoms with E-state index in [1.165, 1.54) is 5.56 Å². The topological polar surface area (TPSA) is 56.7 Å². The fourth-order valence-electron chi connectivity index (χ4n) is 3.29. The molecule has 5 heteroatoms. The van der Waals surface area contributed by atoms with Crippen LogP contribution in [0.5, 0.6) is 0 Å². The molecule has 0 saturated carbocycles. The zero-order valence-electron chi connectivity index (χ0n) is 15.1. The van der Waals surface area contributed by atoms with Crippen molar-refractivity contribution in [2.24, 2.45) is 0 Å². The lowest BCUT2D eigenvalue weighted by Gasteiger charge is -2.05. The first-order valence-corrected chi connectivity index (χ1v) is 8.31. The molecule has 0 aliphatic rings. The van der Waals surface area contributed by atoms with E-state index in [9.17, 15) is 0 Å². The Morgan fingerprint density at radius 3 is 2.44 bits per heavy atom. The van der Waals surface area contributed by atoms with Gasteiger partial charge >= 0.3 is 0 Å². The maximum atomic E-state index is 6.26. The highest BCUT2D eigenvalue weighted by molar-refractivity contribution is 5.91. The minimum atomic E-state index is 0.699. The van der Waals surface area contributed by atoms with Crippen LogP contribution >= 0.6 is 0 Å². The number of aryl methyl sites for hydroxylation is 5. The minimum Gasteiger partial charge on any atom is -0.452 e. The molecule has 3 aromatic heterocycles. The Bertz CT molecular complexity index is 1100. The second-order valence-electron chi connectivity index (χ2n) is 6.57. The van der Waals surface area contributed by atoms with E-state index in [1.807, 2.05) is 30.8 Å². The molecule has 0 amide bonds. The van der Waals surface area contributed by atoms with Gasteiger partial charge in [-0.25, -0.2) is 9.67 Å². The molecule has 0 saturated heterocycles. The Hall–Kier alpha value is -2.95. The number of furan rings is 1. The van der Waals surface area contributed by atoms with E-state index in [0.29, 0.717) is 11.6 Å². The summed E-state index contributed by atoms with van der Waals surface area (Å²) in [5.41, 5.74) is 6.28. The Morgan fingerprint density at radius 1 is 0.960 bits per heavy atom. The van der Waals surface area contributed by atoms with Gasteiger partial charge in [-0.3, -0.25) is 4.98 Å². The number of hydrogen-bond donors (Lipinski definition) is 0. The number of aromatic nitrogens is 4. The summed E-state index contributed by atoms with van der Waals surface area (Å²) in [6.07, 6.45) is 3.62. The smallest absolute Gasteiger partial charge is 0.199 e. The van der Waals surface area contributed by atoms with E-state index in [1.54, 1.807) is 6.20 Å².